The predicted molar refractivity (Wildman–Crippen MR) is 61.2 cm³/mol. The van der Waals surface area contributed by atoms with E-state index in [1.54, 1.807) is 0 Å². The Morgan fingerprint density at radius 1 is 1.50 bits per heavy atom. The zero-order valence-corrected chi connectivity index (χ0v) is 9.40. The molecule has 0 aromatic rings. The Hall–Kier alpha value is -0.550. The van der Waals surface area contributed by atoms with Gasteiger partial charge in [-0.25, -0.2) is 0 Å². The van der Waals surface area contributed by atoms with Crippen molar-refractivity contribution >= 4 is 22.0 Å². The normalized spacial score (nSPS) is 12.4. The monoisotopic (exact) mass is 217 g/mol. The van der Waals surface area contributed by atoms with Crippen molar-refractivity contribution in [1.29, 1.82) is 5.41 Å². The maximum Gasteiger partial charge on any atom is 0.199 e. The molecular weight excluding hydrogens is 198 g/mol. The van der Waals surface area contributed by atoms with Crippen LogP contribution in [0.3, 0.4) is 0 Å². The van der Waals surface area contributed by atoms with E-state index in [0.29, 0.717) is 13.0 Å². The van der Waals surface area contributed by atoms with Crippen molar-refractivity contribution in [1.82, 2.24) is 0 Å². The first-order valence-corrected chi connectivity index (χ1v) is 5.69. The molecule has 0 heterocycles. The molecule has 0 fully saturated rings. The summed E-state index contributed by atoms with van der Waals surface area (Å²) in [6, 6.07) is 0. The van der Waals surface area contributed by atoms with Crippen LogP contribution >= 0.6 is 11.8 Å². The van der Waals surface area contributed by atoms with Gasteiger partial charge in [-0.1, -0.05) is 19.8 Å². The van der Waals surface area contributed by atoms with E-state index in [0.717, 1.165) is 31.0 Å². The summed E-state index contributed by atoms with van der Waals surface area (Å²) < 4.78 is 0. The van der Waals surface area contributed by atoms with Gasteiger partial charge in [0.1, 0.15) is 0 Å². The minimum absolute atomic E-state index is 0.0172. The molecule has 0 radical (unpaired) electrons. The summed E-state index contributed by atoms with van der Waals surface area (Å²) in [6.45, 7) is 2.60. The van der Waals surface area contributed by atoms with Crippen LogP contribution in [0, 0.1) is 11.3 Å². The van der Waals surface area contributed by atoms with Crippen LogP contribution in [0.2, 0.25) is 0 Å². The Morgan fingerprint density at radius 2 is 2.14 bits per heavy atom. The van der Waals surface area contributed by atoms with Gasteiger partial charge in [0.05, 0.1) is 0 Å². The number of carbonyl (C=O) groups excluding carboxylic acids is 1. The van der Waals surface area contributed by atoms with E-state index in [2.05, 4.69) is 6.92 Å². The van der Waals surface area contributed by atoms with Crippen molar-refractivity contribution < 1.29 is 4.79 Å². The van der Waals surface area contributed by atoms with Crippen molar-refractivity contribution in [2.45, 2.75) is 32.6 Å². The van der Waals surface area contributed by atoms with Gasteiger partial charge in [0.25, 0.3) is 0 Å². The third-order valence-corrected chi connectivity index (χ3v) is 2.72. The maximum absolute atomic E-state index is 11.5. The number of hydrogen-bond acceptors (Lipinski definition) is 4. The van der Waals surface area contributed by atoms with Crippen LogP contribution < -0.4 is 11.5 Å². The summed E-state index contributed by atoms with van der Waals surface area (Å²) in [5.74, 6) is -0.0335. The second-order valence-electron chi connectivity index (χ2n) is 3.20. The number of nitrogens with one attached hydrogen (secondary N) is 1. The maximum atomic E-state index is 11.5. The van der Waals surface area contributed by atoms with Crippen LogP contribution in [0.25, 0.3) is 0 Å². The lowest BCUT2D eigenvalue weighted by Crippen LogP contribution is -2.19. The number of carbonyl (C=O) groups is 1. The zero-order chi connectivity index (χ0) is 11.0. The molecule has 82 valence electrons. The van der Waals surface area contributed by atoms with Crippen LogP contribution in [0.5, 0.6) is 0 Å². The average Bonchev–Trinajstić information content (AvgIpc) is 2.10. The van der Waals surface area contributed by atoms with Crippen LogP contribution in [0.4, 0.5) is 0 Å². The van der Waals surface area contributed by atoms with Gasteiger partial charge in [0, 0.05) is 5.92 Å². The van der Waals surface area contributed by atoms with Gasteiger partial charge >= 0.3 is 0 Å². The Bertz CT molecular complexity index is 196. The molecule has 1 atom stereocenters. The number of hydrogen-bond donors (Lipinski definition) is 3. The first-order chi connectivity index (χ1) is 6.61. The fourth-order valence-corrected chi connectivity index (χ4v) is 1.84. The summed E-state index contributed by atoms with van der Waals surface area (Å²) in [4.78, 5) is 11.5. The standard InChI is InChI=1S/C9H19N3OS/c1-2-3-4-7(5-6-10)8(13)14-9(11)12/h7H,2-6,10H2,1H3,(H3,11,12). The van der Waals surface area contributed by atoms with E-state index >= 15 is 0 Å². The molecule has 0 aliphatic heterocycles. The predicted octanol–water partition coefficient (Wildman–Crippen LogP) is 1.29. The lowest BCUT2D eigenvalue weighted by atomic mass is 10.0. The molecule has 5 heteroatoms. The Labute approximate surface area is 89.3 Å². The Morgan fingerprint density at radius 3 is 2.57 bits per heavy atom. The fraction of sp³-hybridized carbons (Fsp3) is 0.778. The number of unbranched alkanes of at least 4 members (excludes halogenated alkanes) is 1. The van der Waals surface area contributed by atoms with Gasteiger partial charge in [0.15, 0.2) is 10.3 Å². The quantitative estimate of drug-likeness (QED) is 0.462. The van der Waals surface area contributed by atoms with Crippen LogP contribution in [0.1, 0.15) is 32.6 Å². The van der Waals surface area contributed by atoms with Gasteiger partial charge in [0.2, 0.25) is 0 Å². The topological polar surface area (TPSA) is 93.0 Å². The van der Waals surface area contributed by atoms with Gasteiger partial charge in [-0.2, -0.15) is 0 Å². The highest BCUT2D eigenvalue weighted by atomic mass is 32.2. The molecule has 0 aliphatic carbocycles. The highest BCUT2D eigenvalue weighted by Gasteiger charge is 2.18. The summed E-state index contributed by atoms with van der Waals surface area (Å²) in [6.07, 6.45) is 3.64. The molecule has 0 spiro atoms. The lowest BCUT2D eigenvalue weighted by molar-refractivity contribution is -0.114. The van der Waals surface area contributed by atoms with Gasteiger partial charge in [-0.3, -0.25) is 10.2 Å². The molecular formula is C9H19N3OS. The molecule has 1 unspecified atom stereocenters. The molecule has 0 amide bonds. The van der Waals surface area contributed by atoms with Gasteiger partial charge < -0.3 is 11.5 Å². The summed E-state index contributed by atoms with van der Waals surface area (Å²) in [5, 5.41) is 6.87. The van der Waals surface area contributed by atoms with Crippen LogP contribution in [0.15, 0.2) is 0 Å². The van der Waals surface area contributed by atoms with Crippen molar-refractivity contribution in [2.75, 3.05) is 6.54 Å². The highest BCUT2D eigenvalue weighted by molar-refractivity contribution is 8.26. The summed E-state index contributed by atoms with van der Waals surface area (Å²) in [7, 11) is 0. The second-order valence-corrected chi connectivity index (χ2v) is 4.25. The van der Waals surface area contributed by atoms with Crippen LogP contribution in [-0.2, 0) is 4.79 Å². The first kappa shape index (κ1) is 13.4. The number of thioether (sulfide) groups is 1. The molecule has 14 heavy (non-hydrogen) atoms. The van der Waals surface area contributed by atoms with E-state index in [9.17, 15) is 4.79 Å². The fourth-order valence-electron chi connectivity index (χ4n) is 1.22. The molecule has 0 saturated carbocycles. The van der Waals surface area contributed by atoms with E-state index in [1.807, 2.05) is 0 Å². The Balaban J connectivity index is 4.03. The third kappa shape index (κ3) is 5.99. The molecule has 0 rings (SSSR count). The minimum Gasteiger partial charge on any atom is -0.378 e. The minimum atomic E-state index is -0.131. The number of nitrogens with two attached hydrogens (primary N) is 2. The molecule has 0 aromatic heterocycles. The number of amidine groups is 1. The van der Waals surface area contributed by atoms with Crippen molar-refractivity contribution in [2.24, 2.45) is 17.4 Å². The first-order valence-electron chi connectivity index (χ1n) is 4.87. The van der Waals surface area contributed by atoms with E-state index in [-0.39, 0.29) is 16.2 Å². The summed E-state index contributed by atoms with van der Waals surface area (Å²) >= 11 is 0.820. The number of rotatable bonds is 6. The van der Waals surface area contributed by atoms with E-state index in [1.165, 1.54) is 0 Å². The largest absolute Gasteiger partial charge is 0.378 e. The Kier molecular flexibility index (Phi) is 7.51. The van der Waals surface area contributed by atoms with Crippen LogP contribution in [-0.4, -0.2) is 16.8 Å². The molecule has 0 aliphatic rings. The third-order valence-electron chi connectivity index (χ3n) is 1.97. The molecule has 0 aromatic carbocycles. The summed E-state index contributed by atoms with van der Waals surface area (Å²) in [5.41, 5.74) is 10.6. The second kappa shape index (κ2) is 7.82. The van der Waals surface area contributed by atoms with Crippen molar-refractivity contribution in [3.63, 3.8) is 0 Å². The smallest absolute Gasteiger partial charge is 0.199 e. The van der Waals surface area contributed by atoms with Gasteiger partial charge in [-0.05, 0) is 31.1 Å². The molecule has 4 nitrogen and oxygen atoms in total. The SMILES string of the molecule is CCCCC(CCN)C(=O)SC(=N)N. The van der Waals surface area contributed by atoms with Crippen molar-refractivity contribution in [3.05, 3.63) is 0 Å². The highest BCUT2D eigenvalue weighted by Crippen LogP contribution is 2.19. The zero-order valence-electron chi connectivity index (χ0n) is 8.58. The average molecular weight is 217 g/mol. The van der Waals surface area contributed by atoms with E-state index < -0.39 is 0 Å². The molecule has 0 saturated heterocycles. The van der Waals surface area contributed by atoms with E-state index in [4.69, 9.17) is 16.9 Å². The lowest BCUT2D eigenvalue weighted by Gasteiger charge is -2.12. The molecule has 5 N–H and O–H groups in total. The van der Waals surface area contributed by atoms with Crippen molar-refractivity contribution in [3.8, 4) is 0 Å². The molecule has 0 bridgehead atoms. The van der Waals surface area contributed by atoms with Gasteiger partial charge in [-0.15, -0.1) is 0 Å².